The van der Waals surface area contributed by atoms with Gasteiger partial charge in [-0.15, -0.1) is 0 Å². The summed E-state index contributed by atoms with van der Waals surface area (Å²) < 4.78 is 22.2. The van der Waals surface area contributed by atoms with Gasteiger partial charge < -0.3 is 18.0 Å². The fourth-order valence-corrected chi connectivity index (χ4v) is 4.23. The Bertz CT molecular complexity index is 251. The smallest absolute Gasteiger partial charge is 0.463 e. The largest absolute Gasteiger partial charge is 0.501 e. The van der Waals surface area contributed by atoms with E-state index in [1.807, 2.05) is 20.8 Å². The van der Waals surface area contributed by atoms with Gasteiger partial charge in [0.2, 0.25) is 0 Å². The quantitative estimate of drug-likeness (QED) is 0.253. The first-order chi connectivity index (χ1) is 9.14. The van der Waals surface area contributed by atoms with Crippen LogP contribution in [0.3, 0.4) is 0 Å². The molecule has 0 saturated carbocycles. The number of carbonyl (C=O) groups excluding carboxylic acids is 1. The Morgan fingerprint density at radius 2 is 1.58 bits per heavy atom. The van der Waals surface area contributed by atoms with Crippen LogP contribution in [0.1, 0.15) is 34.1 Å². The van der Waals surface area contributed by atoms with Crippen LogP contribution in [0.5, 0.6) is 0 Å². The van der Waals surface area contributed by atoms with E-state index in [0.717, 1.165) is 0 Å². The van der Waals surface area contributed by atoms with E-state index in [-0.39, 0.29) is 5.97 Å². The zero-order valence-electron chi connectivity index (χ0n) is 12.4. The third-order valence-electron chi connectivity index (χ3n) is 2.27. The third kappa shape index (κ3) is 8.15. The highest BCUT2D eigenvalue weighted by molar-refractivity contribution is 6.60. The van der Waals surface area contributed by atoms with Gasteiger partial charge in [0, 0.05) is 31.9 Å². The zero-order valence-corrected chi connectivity index (χ0v) is 13.4. The van der Waals surface area contributed by atoms with E-state index in [1.165, 1.54) is 6.08 Å². The van der Waals surface area contributed by atoms with Gasteiger partial charge in [0.15, 0.2) is 0 Å². The molecule has 0 rings (SSSR count). The van der Waals surface area contributed by atoms with Crippen molar-refractivity contribution in [2.24, 2.45) is 0 Å². The van der Waals surface area contributed by atoms with Crippen molar-refractivity contribution in [2.45, 2.75) is 40.2 Å². The number of rotatable bonds is 11. The Kier molecular flexibility index (Phi) is 10.8. The Morgan fingerprint density at radius 3 is 2.00 bits per heavy atom. The van der Waals surface area contributed by atoms with E-state index >= 15 is 0 Å². The maximum Gasteiger partial charge on any atom is 0.501 e. The monoisotopic (exact) mass is 290 g/mol. The Hall–Kier alpha value is -0.693. The molecule has 0 amide bonds. The van der Waals surface area contributed by atoms with E-state index in [9.17, 15) is 4.79 Å². The number of hydrogen-bond donors (Lipinski definition) is 0. The maximum atomic E-state index is 11.2. The van der Waals surface area contributed by atoms with Crippen molar-refractivity contribution in [2.75, 3.05) is 26.4 Å². The summed E-state index contributed by atoms with van der Waals surface area (Å²) in [5.41, 5.74) is 0. The molecular formula is C13H26O5Si. The van der Waals surface area contributed by atoms with Crippen LogP contribution in [0.4, 0.5) is 0 Å². The summed E-state index contributed by atoms with van der Waals surface area (Å²) in [5.74, 6) is -0.320. The van der Waals surface area contributed by atoms with Crippen LogP contribution in [-0.4, -0.2) is 41.2 Å². The predicted molar refractivity (Wildman–Crippen MR) is 75.8 cm³/mol. The molecule has 5 nitrogen and oxygen atoms in total. The Labute approximate surface area is 117 Å². The van der Waals surface area contributed by atoms with Gasteiger partial charge in [-0.1, -0.05) is 6.08 Å². The normalized spacial score (nSPS) is 12.0. The highest BCUT2D eigenvalue weighted by Crippen LogP contribution is 2.18. The lowest BCUT2D eigenvalue weighted by atomic mass is 10.5. The number of esters is 1. The second-order valence-electron chi connectivity index (χ2n) is 3.75. The minimum atomic E-state index is -2.60. The fraction of sp³-hybridized carbons (Fsp3) is 0.769. The lowest BCUT2D eigenvalue weighted by molar-refractivity contribution is -0.137. The maximum absolute atomic E-state index is 11.2. The standard InChI is InChI=1S/C13H26O5Si/c1-5-10-13(14)15-11-9-12-19(16-6-2,17-7-3)18-8-4/h5,10H,6-9,11-12H2,1-4H3. The number of allylic oxidation sites excluding steroid dienone is 1. The number of hydrogen-bond acceptors (Lipinski definition) is 5. The minimum absolute atomic E-state index is 0.320. The summed E-state index contributed by atoms with van der Waals surface area (Å²) >= 11 is 0. The molecule has 0 aromatic carbocycles. The molecule has 112 valence electrons. The number of carbonyl (C=O) groups is 1. The van der Waals surface area contributed by atoms with Crippen LogP contribution in [-0.2, 0) is 22.8 Å². The van der Waals surface area contributed by atoms with Crippen LogP contribution in [0.2, 0.25) is 6.04 Å². The molecule has 6 heteroatoms. The van der Waals surface area contributed by atoms with Gasteiger partial charge >= 0.3 is 14.8 Å². The molecule has 0 N–H and O–H groups in total. The molecule has 0 atom stereocenters. The van der Waals surface area contributed by atoms with Crippen molar-refractivity contribution in [3.63, 3.8) is 0 Å². The predicted octanol–water partition coefficient (Wildman–Crippen LogP) is 2.54. The summed E-state index contributed by atoms with van der Waals surface area (Å²) in [6, 6.07) is 0.658. The van der Waals surface area contributed by atoms with Gasteiger partial charge in [0.25, 0.3) is 0 Å². The summed E-state index contributed by atoms with van der Waals surface area (Å²) in [6.45, 7) is 9.58. The van der Waals surface area contributed by atoms with Crippen LogP contribution < -0.4 is 0 Å². The van der Waals surface area contributed by atoms with Gasteiger partial charge in [0.1, 0.15) is 0 Å². The average molecular weight is 290 g/mol. The molecule has 0 saturated heterocycles. The molecule has 0 radical (unpaired) electrons. The van der Waals surface area contributed by atoms with Gasteiger partial charge in [-0.3, -0.25) is 0 Å². The summed E-state index contributed by atoms with van der Waals surface area (Å²) in [7, 11) is -2.60. The summed E-state index contributed by atoms with van der Waals surface area (Å²) in [4.78, 5) is 11.2. The SMILES string of the molecule is CC=CC(=O)OCCC[Si](OCC)(OCC)OCC. The minimum Gasteiger partial charge on any atom is -0.463 e. The first-order valence-electron chi connectivity index (χ1n) is 6.85. The van der Waals surface area contributed by atoms with Crippen molar-refractivity contribution in [3.05, 3.63) is 12.2 Å². The molecule has 0 aliphatic heterocycles. The van der Waals surface area contributed by atoms with Gasteiger partial charge in [-0.05, 0) is 34.1 Å². The molecule has 0 spiro atoms. The lowest BCUT2D eigenvalue weighted by Gasteiger charge is -2.28. The van der Waals surface area contributed by atoms with Gasteiger partial charge in [0.05, 0.1) is 6.61 Å². The molecule has 0 aliphatic rings. The zero-order chi connectivity index (χ0) is 14.6. The van der Waals surface area contributed by atoms with E-state index in [2.05, 4.69) is 0 Å². The molecule has 0 aromatic rings. The number of ether oxygens (including phenoxy) is 1. The first kappa shape index (κ1) is 18.3. The topological polar surface area (TPSA) is 54.0 Å². The molecule has 19 heavy (non-hydrogen) atoms. The van der Waals surface area contributed by atoms with Crippen LogP contribution in [0, 0.1) is 0 Å². The Balaban J connectivity index is 4.20. The highest BCUT2D eigenvalue weighted by Gasteiger charge is 2.39. The third-order valence-corrected chi connectivity index (χ3v) is 5.42. The molecule has 0 bridgehead atoms. The van der Waals surface area contributed by atoms with E-state index in [1.54, 1.807) is 13.0 Å². The van der Waals surface area contributed by atoms with Gasteiger partial charge in [-0.2, -0.15) is 0 Å². The van der Waals surface area contributed by atoms with E-state index < -0.39 is 8.80 Å². The molecule has 0 aromatic heterocycles. The summed E-state index contributed by atoms with van der Waals surface area (Å²) in [5, 5.41) is 0. The van der Waals surface area contributed by atoms with Crippen molar-refractivity contribution < 1.29 is 22.8 Å². The second kappa shape index (κ2) is 11.2. The second-order valence-corrected chi connectivity index (χ2v) is 6.49. The first-order valence-corrected chi connectivity index (χ1v) is 8.78. The van der Waals surface area contributed by atoms with Crippen LogP contribution >= 0.6 is 0 Å². The van der Waals surface area contributed by atoms with Crippen molar-refractivity contribution >= 4 is 14.8 Å². The Morgan fingerprint density at radius 1 is 1.05 bits per heavy atom. The fourth-order valence-electron chi connectivity index (χ4n) is 1.65. The molecule has 0 aliphatic carbocycles. The van der Waals surface area contributed by atoms with Crippen molar-refractivity contribution in [1.29, 1.82) is 0 Å². The van der Waals surface area contributed by atoms with Crippen molar-refractivity contribution in [1.82, 2.24) is 0 Å². The molecule has 0 unspecified atom stereocenters. The van der Waals surface area contributed by atoms with E-state index in [0.29, 0.717) is 38.9 Å². The van der Waals surface area contributed by atoms with Crippen LogP contribution in [0.15, 0.2) is 12.2 Å². The van der Waals surface area contributed by atoms with Crippen LogP contribution in [0.25, 0.3) is 0 Å². The molecule has 0 fully saturated rings. The lowest BCUT2D eigenvalue weighted by Crippen LogP contribution is -2.46. The highest BCUT2D eigenvalue weighted by atomic mass is 28.4. The van der Waals surface area contributed by atoms with E-state index in [4.69, 9.17) is 18.0 Å². The van der Waals surface area contributed by atoms with Crippen molar-refractivity contribution in [3.8, 4) is 0 Å². The molecular weight excluding hydrogens is 264 g/mol. The average Bonchev–Trinajstić information content (AvgIpc) is 2.36. The molecule has 0 heterocycles. The summed E-state index contributed by atoms with van der Waals surface area (Å²) in [6.07, 6.45) is 3.73. The van der Waals surface area contributed by atoms with Gasteiger partial charge in [-0.25, -0.2) is 4.79 Å².